The summed E-state index contributed by atoms with van der Waals surface area (Å²) >= 11 is 0. The van der Waals surface area contributed by atoms with E-state index in [9.17, 15) is 13.9 Å². The van der Waals surface area contributed by atoms with Crippen LogP contribution in [0.3, 0.4) is 0 Å². The number of benzene rings is 1. The molecule has 1 atom stereocenters. The minimum atomic E-state index is -1.37. The van der Waals surface area contributed by atoms with Crippen LogP contribution in [0.4, 0.5) is 8.78 Å². The molecule has 0 saturated heterocycles. The van der Waals surface area contributed by atoms with E-state index in [2.05, 4.69) is 9.97 Å². The summed E-state index contributed by atoms with van der Waals surface area (Å²) in [4.78, 5) is 7.75. The van der Waals surface area contributed by atoms with Crippen molar-refractivity contribution in [1.29, 1.82) is 0 Å². The molecule has 0 bridgehead atoms. The molecule has 2 rings (SSSR count). The summed E-state index contributed by atoms with van der Waals surface area (Å²) < 4.78 is 26.4. The Hall–Kier alpha value is -1.88. The molecule has 17 heavy (non-hydrogen) atoms. The van der Waals surface area contributed by atoms with Crippen LogP contribution in [0.15, 0.2) is 30.6 Å². The molecule has 0 saturated carbocycles. The second-order valence-electron chi connectivity index (χ2n) is 3.66. The monoisotopic (exact) mass is 236 g/mol. The molecule has 0 aliphatic rings. The van der Waals surface area contributed by atoms with E-state index in [0.29, 0.717) is 0 Å². The Morgan fingerprint density at radius 1 is 1.18 bits per heavy atom. The molecular weight excluding hydrogens is 226 g/mol. The molecule has 1 heterocycles. The third-order valence-electron chi connectivity index (χ3n) is 2.32. The van der Waals surface area contributed by atoms with Crippen molar-refractivity contribution in [2.45, 2.75) is 13.0 Å². The molecule has 1 unspecified atom stereocenters. The molecule has 1 aromatic carbocycles. The average molecular weight is 236 g/mol. The topological polar surface area (TPSA) is 46.0 Å². The van der Waals surface area contributed by atoms with Gasteiger partial charge in [-0.3, -0.25) is 0 Å². The van der Waals surface area contributed by atoms with E-state index in [1.807, 2.05) is 0 Å². The largest absolute Gasteiger partial charge is 0.380 e. The van der Waals surface area contributed by atoms with Gasteiger partial charge in [-0.25, -0.2) is 18.7 Å². The highest BCUT2D eigenvalue weighted by molar-refractivity contribution is 5.25. The zero-order chi connectivity index (χ0) is 12.4. The number of halogens is 2. The summed E-state index contributed by atoms with van der Waals surface area (Å²) in [6.45, 7) is 1.79. The van der Waals surface area contributed by atoms with Crippen molar-refractivity contribution in [2.75, 3.05) is 0 Å². The number of hydrogen-bond acceptors (Lipinski definition) is 3. The molecule has 0 spiro atoms. The fourth-order valence-corrected chi connectivity index (χ4v) is 1.41. The van der Waals surface area contributed by atoms with Crippen molar-refractivity contribution >= 4 is 0 Å². The Morgan fingerprint density at radius 3 is 2.47 bits per heavy atom. The smallest absolute Gasteiger partial charge is 0.165 e. The summed E-state index contributed by atoms with van der Waals surface area (Å²) in [5.74, 6) is -2.04. The molecule has 0 aliphatic carbocycles. The fourth-order valence-electron chi connectivity index (χ4n) is 1.41. The van der Waals surface area contributed by atoms with Crippen molar-refractivity contribution in [2.24, 2.45) is 0 Å². The number of aryl methyl sites for hydroxylation is 1. The number of aliphatic hydroxyl groups excluding tert-OH is 1. The zero-order valence-electron chi connectivity index (χ0n) is 9.06. The van der Waals surface area contributed by atoms with Crippen molar-refractivity contribution in [3.8, 4) is 0 Å². The van der Waals surface area contributed by atoms with Gasteiger partial charge in [-0.15, -0.1) is 0 Å². The second-order valence-corrected chi connectivity index (χ2v) is 3.66. The first-order valence-corrected chi connectivity index (χ1v) is 5.00. The van der Waals surface area contributed by atoms with Crippen LogP contribution in [0, 0.1) is 18.6 Å². The van der Waals surface area contributed by atoms with Crippen LogP contribution in [0.25, 0.3) is 0 Å². The minimum absolute atomic E-state index is 0.0418. The highest BCUT2D eigenvalue weighted by atomic mass is 19.2. The Kier molecular flexibility index (Phi) is 3.10. The molecule has 0 amide bonds. The van der Waals surface area contributed by atoms with Gasteiger partial charge in [0.05, 0.1) is 0 Å². The molecule has 88 valence electrons. The second kappa shape index (κ2) is 4.55. The molecule has 0 fully saturated rings. The van der Waals surface area contributed by atoms with Crippen LogP contribution in [0.2, 0.25) is 0 Å². The van der Waals surface area contributed by atoms with Crippen LogP contribution in [0.5, 0.6) is 0 Å². The van der Waals surface area contributed by atoms with Gasteiger partial charge in [-0.1, -0.05) is 12.1 Å². The minimum Gasteiger partial charge on any atom is -0.380 e. The molecule has 1 aromatic heterocycles. The molecule has 2 aromatic rings. The maximum absolute atomic E-state index is 13.4. The number of hydrogen-bond donors (Lipinski definition) is 1. The van der Waals surface area contributed by atoms with Gasteiger partial charge in [0.1, 0.15) is 6.10 Å². The summed E-state index contributed by atoms with van der Waals surface area (Å²) in [6.07, 6.45) is 1.64. The predicted octanol–water partition coefficient (Wildman–Crippen LogP) is 2.14. The standard InChI is InChI=1S/C12H10F2N2O/c1-7-5-15-12(16-6-7)11(17)8-3-2-4-9(13)10(8)14/h2-6,11,17H,1H3. The van der Waals surface area contributed by atoms with Gasteiger partial charge >= 0.3 is 0 Å². The van der Waals surface area contributed by atoms with Crippen LogP contribution >= 0.6 is 0 Å². The molecule has 3 nitrogen and oxygen atoms in total. The van der Waals surface area contributed by atoms with E-state index in [1.54, 1.807) is 6.92 Å². The highest BCUT2D eigenvalue weighted by Crippen LogP contribution is 2.22. The highest BCUT2D eigenvalue weighted by Gasteiger charge is 2.19. The van der Waals surface area contributed by atoms with Crippen LogP contribution in [-0.2, 0) is 0 Å². The maximum Gasteiger partial charge on any atom is 0.165 e. The SMILES string of the molecule is Cc1cnc(C(O)c2cccc(F)c2F)nc1. The van der Waals surface area contributed by atoms with E-state index in [0.717, 1.165) is 11.6 Å². The average Bonchev–Trinajstić information content (AvgIpc) is 2.33. The number of nitrogens with zero attached hydrogens (tertiary/aromatic N) is 2. The van der Waals surface area contributed by atoms with E-state index in [4.69, 9.17) is 0 Å². The Bertz CT molecular complexity index is 529. The normalized spacial score (nSPS) is 12.5. The van der Waals surface area contributed by atoms with Crippen LogP contribution in [0.1, 0.15) is 23.1 Å². The van der Waals surface area contributed by atoms with Gasteiger partial charge in [-0.05, 0) is 18.6 Å². The van der Waals surface area contributed by atoms with Crippen molar-refractivity contribution in [3.63, 3.8) is 0 Å². The first-order valence-electron chi connectivity index (χ1n) is 5.00. The Balaban J connectivity index is 2.40. The van der Waals surface area contributed by atoms with Gasteiger partial charge in [-0.2, -0.15) is 0 Å². The Labute approximate surface area is 96.8 Å². The number of rotatable bonds is 2. The number of aromatic nitrogens is 2. The lowest BCUT2D eigenvalue weighted by atomic mass is 10.1. The molecule has 0 aliphatic heterocycles. The van der Waals surface area contributed by atoms with E-state index < -0.39 is 17.7 Å². The fraction of sp³-hybridized carbons (Fsp3) is 0.167. The first-order chi connectivity index (χ1) is 8.09. The number of aliphatic hydroxyl groups is 1. The first kappa shape index (κ1) is 11.6. The van der Waals surface area contributed by atoms with Crippen molar-refractivity contribution < 1.29 is 13.9 Å². The summed E-state index contributed by atoms with van der Waals surface area (Å²) in [7, 11) is 0. The third kappa shape index (κ3) is 2.29. The van der Waals surface area contributed by atoms with Gasteiger partial charge in [0.2, 0.25) is 0 Å². The van der Waals surface area contributed by atoms with Gasteiger partial charge in [0.25, 0.3) is 0 Å². The van der Waals surface area contributed by atoms with E-state index >= 15 is 0 Å². The zero-order valence-corrected chi connectivity index (χ0v) is 9.06. The van der Waals surface area contributed by atoms with E-state index in [-0.39, 0.29) is 11.4 Å². The lowest BCUT2D eigenvalue weighted by Crippen LogP contribution is -2.08. The quantitative estimate of drug-likeness (QED) is 0.868. The summed E-state index contributed by atoms with van der Waals surface area (Å²) in [6, 6.07) is 3.61. The molecule has 0 radical (unpaired) electrons. The summed E-state index contributed by atoms with van der Waals surface area (Å²) in [5.41, 5.74) is 0.648. The van der Waals surface area contributed by atoms with Crippen molar-refractivity contribution in [3.05, 3.63) is 59.2 Å². The molecule has 1 N–H and O–H groups in total. The lowest BCUT2D eigenvalue weighted by molar-refractivity contribution is 0.203. The van der Waals surface area contributed by atoms with Crippen LogP contribution in [-0.4, -0.2) is 15.1 Å². The van der Waals surface area contributed by atoms with Gasteiger partial charge in [0, 0.05) is 18.0 Å². The van der Waals surface area contributed by atoms with Gasteiger partial charge in [0.15, 0.2) is 17.5 Å². The molecular formula is C12H10F2N2O. The van der Waals surface area contributed by atoms with E-state index in [1.165, 1.54) is 24.5 Å². The summed E-state index contributed by atoms with van der Waals surface area (Å²) in [5, 5.41) is 9.86. The lowest BCUT2D eigenvalue weighted by Gasteiger charge is -2.10. The third-order valence-corrected chi connectivity index (χ3v) is 2.32. The predicted molar refractivity (Wildman–Crippen MR) is 57.2 cm³/mol. The van der Waals surface area contributed by atoms with Crippen LogP contribution < -0.4 is 0 Å². The van der Waals surface area contributed by atoms with Crippen molar-refractivity contribution in [1.82, 2.24) is 9.97 Å². The maximum atomic E-state index is 13.4. The molecule has 5 heteroatoms. The van der Waals surface area contributed by atoms with Gasteiger partial charge < -0.3 is 5.11 Å². The Morgan fingerprint density at radius 2 is 1.82 bits per heavy atom.